The van der Waals surface area contributed by atoms with Crippen molar-refractivity contribution in [1.29, 1.82) is 5.26 Å². The summed E-state index contributed by atoms with van der Waals surface area (Å²) in [4.78, 5) is 35.8. The molecule has 2 aromatic heterocycles. The number of nitrogens with two attached hydrogens (primary N) is 1. The van der Waals surface area contributed by atoms with Crippen LogP contribution in [0.3, 0.4) is 0 Å². The normalized spacial score (nSPS) is 24.3. The van der Waals surface area contributed by atoms with Gasteiger partial charge < -0.3 is 20.7 Å². The first kappa shape index (κ1) is 21.3. The molecule has 3 aliphatic rings. The molecule has 1 atom stereocenters. The largest absolute Gasteiger partial charge is 0.381 e. The molecule has 9 heteroatoms. The van der Waals surface area contributed by atoms with Crippen molar-refractivity contribution < 1.29 is 14.3 Å². The van der Waals surface area contributed by atoms with E-state index in [0.29, 0.717) is 56.3 Å². The van der Waals surface area contributed by atoms with E-state index in [4.69, 9.17) is 10.5 Å². The van der Waals surface area contributed by atoms with Crippen LogP contribution in [0.5, 0.6) is 0 Å². The summed E-state index contributed by atoms with van der Waals surface area (Å²) in [6.07, 6.45) is 6.83. The molecule has 2 aliphatic heterocycles. The highest BCUT2D eigenvalue weighted by Gasteiger charge is 2.56. The van der Waals surface area contributed by atoms with Crippen LogP contribution in [0.2, 0.25) is 0 Å². The summed E-state index contributed by atoms with van der Waals surface area (Å²) in [5, 5.41) is 12.9. The third kappa shape index (κ3) is 3.60. The van der Waals surface area contributed by atoms with E-state index in [-0.39, 0.29) is 17.7 Å². The van der Waals surface area contributed by atoms with E-state index in [9.17, 15) is 14.9 Å². The third-order valence-electron chi connectivity index (χ3n) is 7.28. The Bertz CT molecular complexity index is 1120. The van der Waals surface area contributed by atoms with Crippen LogP contribution in [-0.2, 0) is 19.7 Å². The molecule has 0 bridgehead atoms. The van der Waals surface area contributed by atoms with Crippen LogP contribution in [0.25, 0.3) is 0 Å². The van der Waals surface area contributed by atoms with Gasteiger partial charge in [-0.3, -0.25) is 9.59 Å². The van der Waals surface area contributed by atoms with Crippen molar-refractivity contribution in [2.24, 2.45) is 17.1 Å². The van der Waals surface area contributed by atoms with Gasteiger partial charge in [-0.25, -0.2) is 9.97 Å². The standard InChI is InChI=1S/C24H26N6O3/c25-15-24(16-1-2-16)6-10-30(22(24)32)18-5-9-27-20(13-18)29-19-4-3-17(14-28-19)23(21(26)31)7-11-33-12-8-23/h3-5,9,13-14,16H,1-2,6-8,10-12H2,(H2,26,31)(H,27,28,29)/t24-/m1/s1. The number of pyridine rings is 2. The second-order valence-electron chi connectivity index (χ2n) is 9.08. The van der Waals surface area contributed by atoms with Gasteiger partial charge in [0.15, 0.2) is 0 Å². The fourth-order valence-corrected chi connectivity index (χ4v) is 5.07. The average Bonchev–Trinajstić information content (AvgIpc) is 3.64. The molecule has 3 N–H and O–H groups in total. The fraction of sp³-hybridized carbons (Fsp3) is 0.458. The van der Waals surface area contributed by atoms with E-state index in [0.717, 1.165) is 18.4 Å². The van der Waals surface area contributed by atoms with Crippen LogP contribution in [0.15, 0.2) is 36.7 Å². The molecule has 3 fully saturated rings. The predicted octanol–water partition coefficient (Wildman–Crippen LogP) is 2.41. The minimum Gasteiger partial charge on any atom is -0.381 e. The maximum atomic E-state index is 13.1. The number of carbonyl (C=O) groups excluding carboxylic acids is 2. The number of nitrogens with one attached hydrogen (secondary N) is 1. The van der Waals surface area contributed by atoms with E-state index < -0.39 is 10.8 Å². The number of primary amides is 1. The average molecular weight is 447 g/mol. The molecule has 33 heavy (non-hydrogen) atoms. The zero-order valence-corrected chi connectivity index (χ0v) is 18.3. The summed E-state index contributed by atoms with van der Waals surface area (Å²) in [6, 6.07) is 9.53. The number of nitriles is 1. The van der Waals surface area contributed by atoms with Crippen molar-refractivity contribution in [2.45, 2.75) is 37.5 Å². The van der Waals surface area contributed by atoms with Crippen molar-refractivity contribution in [1.82, 2.24) is 9.97 Å². The van der Waals surface area contributed by atoms with Gasteiger partial charge >= 0.3 is 0 Å². The minimum absolute atomic E-state index is 0.111. The summed E-state index contributed by atoms with van der Waals surface area (Å²) in [5.74, 6) is 0.809. The molecule has 4 heterocycles. The summed E-state index contributed by atoms with van der Waals surface area (Å²) in [7, 11) is 0. The van der Waals surface area contributed by atoms with Crippen molar-refractivity contribution in [3.8, 4) is 6.07 Å². The van der Waals surface area contributed by atoms with Crippen LogP contribution in [-0.4, -0.2) is 41.5 Å². The molecular weight excluding hydrogens is 420 g/mol. The van der Waals surface area contributed by atoms with E-state index in [1.807, 2.05) is 6.07 Å². The van der Waals surface area contributed by atoms with E-state index in [1.54, 1.807) is 35.5 Å². The van der Waals surface area contributed by atoms with E-state index in [2.05, 4.69) is 21.4 Å². The second-order valence-corrected chi connectivity index (χ2v) is 9.08. The lowest BCUT2D eigenvalue weighted by molar-refractivity contribution is -0.127. The molecule has 0 radical (unpaired) electrons. The molecule has 2 saturated heterocycles. The zero-order chi connectivity index (χ0) is 23.1. The number of amides is 2. The molecule has 170 valence electrons. The highest BCUT2D eigenvalue weighted by Crippen LogP contribution is 2.52. The first-order valence-electron chi connectivity index (χ1n) is 11.3. The lowest BCUT2D eigenvalue weighted by atomic mass is 9.74. The minimum atomic E-state index is -0.880. The Morgan fingerprint density at radius 1 is 1.18 bits per heavy atom. The predicted molar refractivity (Wildman–Crippen MR) is 120 cm³/mol. The smallest absolute Gasteiger partial charge is 0.247 e. The Hall–Kier alpha value is -3.51. The maximum absolute atomic E-state index is 13.1. The van der Waals surface area contributed by atoms with Gasteiger partial charge in [-0.1, -0.05) is 6.07 Å². The van der Waals surface area contributed by atoms with Gasteiger partial charge in [-0.15, -0.1) is 0 Å². The number of rotatable bonds is 6. The summed E-state index contributed by atoms with van der Waals surface area (Å²) in [5.41, 5.74) is 5.59. The van der Waals surface area contributed by atoms with Gasteiger partial charge in [0.05, 0.1) is 11.5 Å². The highest BCUT2D eigenvalue weighted by atomic mass is 16.5. The molecule has 0 aromatic carbocycles. The van der Waals surface area contributed by atoms with Crippen LogP contribution in [0.1, 0.15) is 37.7 Å². The van der Waals surface area contributed by atoms with Crippen molar-refractivity contribution in [3.63, 3.8) is 0 Å². The molecular formula is C24H26N6O3. The first-order chi connectivity index (χ1) is 16.0. The molecule has 0 spiro atoms. The molecule has 1 aliphatic carbocycles. The van der Waals surface area contributed by atoms with Crippen LogP contribution < -0.4 is 16.0 Å². The van der Waals surface area contributed by atoms with Gasteiger partial charge in [-0.05, 0) is 55.7 Å². The van der Waals surface area contributed by atoms with Crippen molar-refractivity contribution in [2.75, 3.05) is 30.0 Å². The van der Waals surface area contributed by atoms with Crippen LogP contribution >= 0.6 is 0 Å². The molecule has 0 unspecified atom stereocenters. The Labute approximate surface area is 191 Å². The van der Waals surface area contributed by atoms with Crippen LogP contribution in [0.4, 0.5) is 17.3 Å². The number of carbonyl (C=O) groups is 2. The van der Waals surface area contributed by atoms with Crippen LogP contribution in [0, 0.1) is 22.7 Å². The van der Waals surface area contributed by atoms with Crippen molar-refractivity contribution >= 4 is 29.1 Å². The maximum Gasteiger partial charge on any atom is 0.247 e. The first-order valence-corrected chi connectivity index (χ1v) is 11.3. The lowest BCUT2D eigenvalue weighted by Crippen LogP contribution is -2.45. The number of nitrogens with zero attached hydrogens (tertiary/aromatic N) is 4. The van der Waals surface area contributed by atoms with Gasteiger partial charge in [0.2, 0.25) is 11.8 Å². The Morgan fingerprint density at radius 2 is 1.97 bits per heavy atom. The Morgan fingerprint density at radius 3 is 2.61 bits per heavy atom. The lowest BCUT2D eigenvalue weighted by Gasteiger charge is -2.34. The molecule has 5 rings (SSSR count). The SMILES string of the molecule is N#C[C@@]1(C2CC2)CCN(c2ccnc(Nc3ccc(C4(C(N)=O)CCOCC4)cn3)c2)C1=O. The topological polar surface area (TPSA) is 134 Å². The number of hydrogen-bond donors (Lipinski definition) is 2. The van der Waals surface area contributed by atoms with E-state index in [1.165, 1.54) is 0 Å². The Kier molecular flexibility index (Phi) is 5.25. The quantitative estimate of drug-likeness (QED) is 0.696. The molecule has 2 aromatic rings. The summed E-state index contributed by atoms with van der Waals surface area (Å²) < 4.78 is 5.40. The van der Waals surface area contributed by atoms with E-state index >= 15 is 0 Å². The molecule has 2 amide bonds. The highest BCUT2D eigenvalue weighted by molar-refractivity contribution is 6.02. The fourth-order valence-electron chi connectivity index (χ4n) is 5.07. The third-order valence-corrected chi connectivity index (χ3v) is 7.28. The molecule has 9 nitrogen and oxygen atoms in total. The number of anilines is 3. The van der Waals surface area contributed by atoms with Gasteiger partial charge in [-0.2, -0.15) is 5.26 Å². The zero-order valence-electron chi connectivity index (χ0n) is 18.3. The second kappa shape index (κ2) is 8.12. The monoisotopic (exact) mass is 446 g/mol. The van der Waals surface area contributed by atoms with Gasteiger partial charge in [0.25, 0.3) is 0 Å². The molecule has 1 saturated carbocycles. The van der Waals surface area contributed by atoms with Gasteiger partial charge in [0, 0.05) is 43.9 Å². The van der Waals surface area contributed by atoms with Crippen molar-refractivity contribution in [3.05, 3.63) is 42.2 Å². The number of aromatic nitrogens is 2. The summed E-state index contributed by atoms with van der Waals surface area (Å²) in [6.45, 7) is 1.50. The Balaban J connectivity index is 1.33. The number of hydrogen-bond acceptors (Lipinski definition) is 7. The summed E-state index contributed by atoms with van der Waals surface area (Å²) >= 11 is 0. The van der Waals surface area contributed by atoms with Gasteiger partial charge in [0.1, 0.15) is 17.1 Å². The number of ether oxygens (including phenoxy) is 1.